The standard InChI is InChI=1S/C26H27N3O4S/c1-4-32-22-14-23(34-25(22)26(30)31)21-13-24(29-15-28-21)27-10-9-18-12-19(33-16(2)3)11-17-7-5-6-8-20(17)18/h5-8,11-16H,4,9-10H2,1-3H3,(H,30,31)(H,27,28,29). The number of nitrogens with zero attached hydrogens (tertiary/aromatic N) is 2. The summed E-state index contributed by atoms with van der Waals surface area (Å²) in [5.41, 5.74) is 1.84. The van der Waals surface area contributed by atoms with Gasteiger partial charge in [0.1, 0.15) is 23.6 Å². The van der Waals surface area contributed by atoms with E-state index in [4.69, 9.17) is 9.47 Å². The molecule has 176 valence electrons. The molecule has 0 atom stereocenters. The van der Waals surface area contributed by atoms with Gasteiger partial charge in [0.25, 0.3) is 0 Å². The monoisotopic (exact) mass is 477 g/mol. The van der Waals surface area contributed by atoms with Gasteiger partial charge in [-0.15, -0.1) is 11.3 Å². The molecule has 0 fully saturated rings. The lowest BCUT2D eigenvalue weighted by Gasteiger charge is -2.14. The fraction of sp³-hybridized carbons (Fsp3) is 0.269. The number of carboxylic acid groups (broad SMARTS) is 1. The zero-order valence-electron chi connectivity index (χ0n) is 19.4. The van der Waals surface area contributed by atoms with Crippen molar-refractivity contribution in [2.75, 3.05) is 18.5 Å². The number of benzene rings is 2. The van der Waals surface area contributed by atoms with Crippen LogP contribution in [0.2, 0.25) is 0 Å². The van der Waals surface area contributed by atoms with Crippen LogP contribution < -0.4 is 14.8 Å². The molecule has 0 aliphatic carbocycles. The van der Waals surface area contributed by atoms with Crippen LogP contribution in [0.1, 0.15) is 36.0 Å². The van der Waals surface area contributed by atoms with E-state index in [2.05, 4.69) is 39.6 Å². The molecule has 4 rings (SSSR count). The van der Waals surface area contributed by atoms with Gasteiger partial charge in [-0.2, -0.15) is 0 Å². The van der Waals surface area contributed by atoms with Crippen molar-refractivity contribution in [2.45, 2.75) is 33.3 Å². The molecule has 2 aromatic carbocycles. The van der Waals surface area contributed by atoms with Crippen LogP contribution in [0.4, 0.5) is 5.82 Å². The topological polar surface area (TPSA) is 93.6 Å². The van der Waals surface area contributed by atoms with Gasteiger partial charge in [0.15, 0.2) is 4.88 Å². The predicted molar refractivity (Wildman–Crippen MR) is 135 cm³/mol. The quantitative estimate of drug-likeness (QED) is 0.294. The minimum atomic E-state index is -1.01. The van der Waals surface area contributed by atoms with Gasteiger partial charge < -0.3 is 19.9 Å². The molecule has 2 aromatic heterocycles. The van der Waals surface area contributed by atoms with E-state index in [-0.39, 0.29) is 11.0 Å². The van der Waals surface area contributed by atoms with Gasteiger partial charge in [0.2, 0.25) is 0 Å². The summed E-state index contributed by atoms with van der Waals surface area (Å²) in [5, 5.41) is 15.2. The molecule has 8 heteroatoms. The highest BCUT2D eigenvalue weighted by atomic mass is 32.1. The van der Waals surface area contributed by atoms with Crippen LogP contribution in [-0.4, -0.2) is 40.3 Å². The van der Waals surface area contributed by atoms with Gasteiger partial charge >= 0.3 is 5.97 Å². The van der Waals surface area contributed by atoms with Gasteiger partial charge in [-0.05, 0) is 55.7 Å². The summed E-state index contributed by atoms with van der Waals surface area (Å²) in [4.78, 5) is 21.1. The average molecular weight is 478 g/mol. The second-order valence-electron chi connectivity index (χ2n) is 7.98. The molecule has 0 saturated carbocycles. The van der Waals surface area contributed by atoms with Gasteiger partial charge in [-0.3, -0.25) is 0 Å². The Bertz CT molecular complexity index is 1300. The first kappa shape index (κ1) is 23.5. The van der Waals surface area contributed by atoms with Crippen LogP contribution >= 0.6 is 11.3 Å². The Kier molecular flexibility index (Phi) is 7.27. The summed E-state index contributed by atoms with van der Waals surface area (Å²) in [5.74, 6) is 0.888. The fourth-order valence-electron chi connectivity index (χ4n) is 3.73. The van der Waals surface area contributed by atoms with Crippen molar-refractivity contribution in [2.24, 2.45) is 0 Å². The normalized spacial score (nSPS) is 11.1. The Morgan fingerprint density at radius 1 is 1.15 bits per heavy atom. The third kappa shape index (κ3) is 5.46. The number of rotatable bonds is 10. The highest BCUT2D eigenvalue weighted by molar-refractivity contribution is 7.17. The minimum absolute atomic E-state index is 0.105. The van der Waals surface area contributed by atoms with E-state index in [1.54, 1.807) is 6.07 Å². The summed E-state index contributed by atoms with van der Waals surface area (Å²) >= 11 is 1.14. The number of ether oxygens (including phenoxy) is 2. The summed E-state index contributed by atoms with van der Waals surface area (Å²) in [6, 6.07) is 16.0. The maximum Gasteiger partial charge on any atom is 0.349 e. The maximum atomic E-state index is 11.5. The first-order valence-corrected chi connectivity index (χ1v) is 12.0. The molecule has 0 bridgehead atoms. The third-order valence-corrected chi connectivity index (χ3v) is 6.23. The van der Waals surface area contributed by atoms with Crippen LogP contribution in [0.5, 0.6) is 11.5 Å². The van der Waals surface area contributed by atoms with Gasteiger partial charge in [0, 0.05) is 18.7 Å². The van der Waals surface area contributed by atoms with E-state index in [9.17, 15) is 9.90 Å². The average Bonchev–Trinajstić information content (AvgIpc) is 3.23. The van der Waals surface area contributed by atoms with Gasteiger partial charge in [-0.1, -0.05) is 24.3 Å². The molecule has 0 aliphatic heterocycles. The predicted octanol–water partition coefficient (Wildman–Crippen LogP) is 5.90. The van der Waals surface area contributed by atoms with E-state index in [0.29, 0.717) is 30.4 Å². The molecule has 4 aromatic rings. The lowest BCUT2D eigenvalue weighted by Crippen LogP contribution is -2.08. The Hall–Kier alpha value is -3.65. The van der Waals surface area contributed by atoms with Gasteiger partial charge in [0.05, 0.1) is 23.3 Å². The second-order valence-corrected chi connectivity index (χ2v) is 9.03. The summed E-state index contributed by atoms with van der Waals surface area (Å²) in [6.45, 7) is 6.93. The number of carbonyl (C=O) groups is 1. The lowest BCUT2D eigenvalue weighted by atomic mass is 10.0. The van der Waals surface area contributed by atoms with E-state index < -0.39 is 5.97 Å². The minimum Gasteiger partial charge on any atom is -0.492 e. The Labute approximate surface area is 202 Å². The molecule has 7 nitrogen and oxygen atoms in total. The molecule has 0 saturated heterocycles. The van der Waals surface area contributed by atoms with Crippen molar-refractivity contribution < 1.29 is 19.4 Å². The molecular formula is C26H27N3O4S. The number of anilines is 1. The first-order chi connectivity index (χ1) is 16.4. The molecular weight excluding hydrogens is 450 g/mol. The fourth-order valence-corrected chi connectivity index (χ4v) is 4.64. The van der Waals surface area contributed by atoms with Crippen molar-refractivity contribution in [3.8, 4) is 22.1 Å². The maximum absolute atomic E-state index is 11.5. The molecule has 0 amide bonds. The molecule has 0 unspecified atom stereocenters. The van der Waals surface area contributed by atoms with Crippen molar-refractivity contribution in [1.82, 2.24) is 9.97 Å². The van der Waals surface area contributed by atoms with E-state index in [1.165, 1.54) is 17.3 Å². The highest BCUT2D eigenvalue weighted by Crippen LogP contribution is 2.36. The molecule has 2 N–H and O–H groups in total. The zero-order valence-corrected chi connectivity index (χ0v) is 20.2. The summed E-state index contributed by atoms with van der Waals surface area (Å²) in [7, 11) is 0. The number of hydrogen-bond donors (Lipinski definition) is 2. The molecule has 0 radical (unpaired) electrons. The van der Waals surface area contributed by atoms with Crippen LogP contribution in [0.15, 0.2) is 54.9 Å². The van der Waals surface area contributed by atoms with Crippen molar-refractivity contribution in [3.63, 3.8) is 0 Å². The number of carboxylic acids is 1. The highest BCUT2D eigenvalue weighted by Gasteiger charge is 2.18. The smallest absolute Gasteiger partial charge is 0.349 e. The number of hydrogen-bond acceptors (Lipinski definition) is 7. The van der Waals surface area contributed by atoms with Crippen molar-refractivity contribution >= 4 is 33.9 Å². The zero-order chi connectivity index (χ0) is 24.1. The SMILES string of the molecule is CCOc1cc(-c2cc(NCCc3cc(OC(C)C)cc4ccccc34)ncn2)sc1C(=O)O. The largest absolute Gasteiger partial charge is 0.492 e. The number of aromatic nitrogens is 2. The number of fused-ring (bicyclic) bond motifs is 1. The van der Waals surface area contributed by atoms with E-state index in [0.717, 1.165) is 33.8 Å². The van der Waals surface area contributed by atoms with Crippen molar-refractivity contribution in [1.29, 1.82) is 0 Å². The van der Waals surface area contributed by atoms with Crippen LogP contribution in [-0.2, 0) is 6.42 Å². The summed E-state index contributed by atoms with van der Waals surface area (Å²) < 4.78 is 11.4. The van der Waals surface area contributed by atoms with E-state index in [1.807, 2.05) is 39.0 Å². The molecule has 34 heavy (non-hydrogen) atoms. The number of thiophene rings is 1. The Morgan fingerprint density at radius 3 is 2.74 bits per heavy atom. The van der Waals surface area contributed by atoms with Crippen LogP contribution in [0.25, 0.3) is 21.3 Å². The Balaban J connectivity index is 1.51. The second kappa shape index (κ2) is 10.5. The van der Waals surface area contributed by atoms with E-state index >= 15 is 0 Å². The Morgan fingerprint density at radius 2 is 1.97 bits per heavy atom. The van der Waals surface area contributed by atoms with Crippen molar-refractivity contribution in [3.05, 3.63) is 65.3 Å². The molecule has 0 aliphatic rings. The third-order valence-electron chi connectivity index (χ3n) is 5.10. The number of aromatic carboxylic acids is 1. The van der Waals surface area contributed by atoms with Crippen LogP contribution in [0.3, 0.4) is 0 Å². The first-order valence-electron chi connectivity index (χ1n) is 11.2. The molecule has 0 spiro atoms. The van der Waals surface area contributed by atoms with Gasteiger partial charge in [-0.25, -0.2) is 14.8 Å². The molecule has 2 heterocycles. The van der Waals surface area contributed by atoms with Crippen LogP contribution in [0, 0.1) is 0 Å². The number of nitrogens with one attached hydrogen (secondary N) is 1. The summed E-state index contributed by atoms with van der Waals surface area (Å²) in [6.07, 6.45) is 2.37. The lowest BCUT2D eigenvalue weighted by molar-refractivity contribution is 0.0698.